The molecule has 1 fully saturated rings. The van der Waals surface area contributed by atoms with E-state index in [1.165, 1.54) is 19.3 Å². The van der Waals surface area contributed by atoms with Gasteiger partial charge < -0.3 is 5.32 Å². The summed E-state index contributed by atoms with van der Waals surface area (Å²) in [5.41, 5.74) is 1.38. The Kier molecular flexibility index (Phi) is 4.81. The monoisotopic (exact) mass is 280 g/mol. The van der Waals surface area contributed by atoms with Crippen LogP contribution in [0, 0.1) is 12.8 Å². The van der Waals surface area contributed by atoms with Gasteiger partial charge in [0.2, 0.25) is 0 Å². The number of aromatic nitrogens is 1. The van der Waals surface area contributed by atoms with Gasteiger partial charge in [0, 0.05) is 17.3 Å². The Morgan fingerprint density at radius 2 is 2.05 bits per heavy atom. The number of hydrogen-bond donors (Lipinski definition) is 1. The summed E-state index contributed by atoms with van der Waals surface area (Å²) < 4.78 is 0. The number of rotatable bonds is 3. The van der Waals surface area contributed by atoms with Crippen LogP contribution in [0.4, 0.5) is 0 Å². The third-order valence-corrected chi connectivity index (χ3v) is 4.14. The van der Waals surface area contributed by atoms with Crippen molar-refractivity contribution in [3.05, 3.63) is 28.5 Å². The summed E-state index contributed by atoms with van der Waals surface area (Å²) >= 11 is 5.88. The summed E-state index contributed by atoms with van der Waals surface area (Å²) in [7, 11) is 0. The van der Waals surface area contributed by atoms with Gasteiger partial charge in [0.15, 0.2) is 0 Å². The zero-order valence-electron chi connectivity index (χ0n) is 11.6. The van der Waals surface area contributed by atoms with Crippen molar-refractivity contribution in [2.24, 2.45) is 5.92 Å². The lowest BCUT2D eigenvalue weighted by atomic mass is 9.84. The molecule has 0 radical (unpaired) electrons. The third kappa shape index (κ3) is 3.93. The lowest BCUT2D eigenvalue weighted by Crippen LogP contribution is -2.37. The van der Waals surface area contributed by atoms with Crippen molar-refractivity contribution in [3.8, 4) is 0 Å². The van der Waals surface area contributed by atoms with E-state index in [0.717, 1.165) is 24.5 Å². The van der Waals surface area contributed by atoms with E-state index >= 15 is 0 Å². The van der Waals surface area contributed by atoms with E-state index in [1.54, 1.807) is 12.1 Å². The van der Waals surface area contributed by atoms with E-state index in [1.807, 2.05) is 6.92 Å². The summed E-state index contributed by atoms with van der Waals surface area (Å²) in [4.78, 5) is 16.2. The first-order valence-corrected chi connectivity index (χ1v) is 7.41. The van der Waals surface area contributed by atoms with Gasteiger partial charge in [0.1, 0.15) is 5.15 Å². The Hall–Kier alpha value is -1.09. The molecule has 0 spiro atoms. The highest BCUT2D eigenvalue weighted by Gasteiger charge is 2.21. The molecule has 2 rings (SSSR count). The molecule has 1 saturated carbocycles. The van der Waals surface area contributed by atoms with Gasteiger partial charge in [-0.05, 0) is 50.7 Å². The minimum Gasteiger partial charge on any atom is -0.349 e. The SMILES string of the molecule is CCC1CCC(NC(=O)c2cc(C)nc(Cl)c2)CC1. The van der Waals surface area contributed by atoms with E-state index in [0.29, 0.717) is 16.8 Å². The molecule has 1 aliphatic carbocycles. The van der Waals surface area contributed by atoms with Crippen molar-refractivity contribution in [3.63, 3.8) is 0 Å². The molecule has 1 aromatic rings. The predicted octanol–water partition coefficient (Wildman–Crippen LogP) is 3.74. The summed E-state index contributed by atoms with van der Waals surface area (Å²) in [6.45, 7) is 4.08. The second-order valence-electron chi connectivity index (χ2n) is 5.42. The fourth-order valence-electron chi connectivity index (χ4n) is 2.74. The molecule has 0 aliphatic heterocycles. The van der Waals surface area contributed by atoms with Crippen LogP contribution in [0.15, 0.2) is 12.1 Å². The van der Waals surface area contributed by atoms with Crippen molar-refractivity contribution < 1.29 is 4.79 Å². The highest BCUT2D eigenvalue weighted by molar-refractivity contribution is 6.29. The summed E-state index contributed by atoms with van der Waals surface area (Å²) in [6.07, 6.45) is 5.86. The average molecular weight is 281 g/mol. The van der Waals surface area contributed by atoms with Gasteiger partial charge in [-0.25, -0.2) is 4.98 Å². The molecule has 3 nitrogen and oxygen atoms in total. The molecular weight excluding hydrogens is 260 g/mol. The minimum atomic E-state index is -0.0349. The van der Waals surface area contributed by atoms with E-state index in [9.17, 15) is 4.79 Å². The predicted molar refractivity (Wildman–Crippen MR) is 77.5 cm³/mol. The molecule has 1 aliphatic rings. The van der Waals surface area contributed by atoms with Gasteiger partial charge in [0.25, 0.3) is 5.91 Å². The van der Waals surface area contributed by atoms with Gasteiger partial charge in [-0.2, -0.15) is 0 Å². The van der Waals surface area contributed by atoms with Crippen LogP contribution in [0.3, 0.4) is 0 Å². The minimum absolute atomic E-state index is 0.0349. The van der Waals surface area contributed by atoms with Crippen LogP contribution in [0.25, 0.3) is 0 Å². The maximum absolute atomic E-state index is 12.2. The van der Waals surface area contributed by atoms with Gasteiger partial charge in [-0.15, -0.1) is 0 Å². The Bertz CT molecular complexity index is 433. The number of carbonyl (C=O) groups is 1. The zero-order valence-corrected chi connectivity index (χ0v) is 12.3. The first-order valence-electron chi connectivity index (χ1n) is 7.03. The van der Waals surface area contributed by atoms with Crippen LogP contribution in [0.1, 0.15) is 55.1 Å². The summed E-state index contributed by atoms with van der Waals surface area (Å²) in [5, 5.41) is 3.48. The molecule has 0 aromatic carbocycles. The van der Waals surface area contributed by atoms with Crippen molar-refractivity contribution in [1.29, 1.82) is 0 Å². The number of aryl methyl sites for hydroxylation is 1. The molecule has 1 heterocycles. The molecule has 0 unspecified atom stereocenters. The van der Waals surface area contributed by atoms with Crippen molar-refractivity contribution in [2.75, 3.05) is 0 Å². The summed E-state index contributed by atoms with van der Waals surface area (Å²) in [6, 6.07) is 3.71. The number of nitrogens with one attached hydrogen (secondary N) is 1. The Morgan fingerprint density at radius 3 is 2.63 bits per heavy atom. The van der Waals surface area contributed by atoms with Crippen LogP contribution >= 0.6 is 11.6 Å². The molecular formula is C15H21ClN2O. The van der Waals surface area contributed by atoms with Crippen LogP contribution in [-0.4, -0.2) is 16.9 Å². The zero-order chi connectivity index (χ0) is 13.8. The fourth-order valence-corrected chi connectivity index (χ4v) is 2.99. The highest BCUT2D eigenvalue weighted by Crippen LogP contribution is 2.26. The summed E-state index contributed by atoms with van der Waals surface area (Å²) in [5.74, 6) is 0.804. The van der Waals surface area contributed by atoms with E-state index in [4.69, 9.17) is 11.6 Å². The second kappa shape index (κ2) is 6.38. The average Bonchev–Trinajstić information content (AvgIpc) is 2.38. The molecule has 19 heavy (non-hydrogen) atoms. The largest absolute Gasteiger partial charge is 0.349 e. The standard InChI is InChI=1S/C15H21ClN2O/c1-3-11-4-6-13(7-5-11)18-15(19)12-8-10(2)17-14(16)9-12/h8-9,11,13H,3-7H2,1-2H3,(H,18,19). The van der Waals surface area contributed by atoms with Gasteiger partial charge in [0.05, 0.1) is 0 Å². The first-order chi connectivity index (χ1) is 9.08. The quantitative estimate of drug-likeness (QED) is 0.857. The molecule has 0 bridgehead atoms. The van der Waals surface area contributed by atoms with Crippen molar-refractivity contribution in [2.45, 2.75) is 52.0 Å². The second-order valence-corrected chi connectivity index (χ2v) is 5.81. The Balaban J connectivity index is 1.94. The number of amides is 1. The van der Waals surface area contributed by atoms with Crippen molar-refractivity contribution in [1.82, 2.24) is 10.3 Å². The number of carbonyl (C=O) groups excluding carboxylic acids is 1. The number of pyridine rings is 1. The van der Waals surface area contributed by atoms with E-state index in [2.05, 4.69) is 17.2 Å². The molecule has 1 amide bonds. The smallest absolute Gasteiger partial charge is 0.251 e. The number of hydrogen-bond acceptors (Lipinski definition) is 2. The molecule has 1 aromatic heterocycles. The van der Waals surface area contributed by atoms with Gasteiger partial charge in [-0.3, -0.25) is 4.79 Å². The van der Waals surface area contributed by atoms with Crippen LogP contribution in [0.2, 0.25) is 5.15 Å². The van der Waals surface area contributed by atoms with E-state index < -0.39 is 0 Å². The molecule has 104 valence electrons. The normalized spacial score (nSPS) is 23.1. The van der Waals surface area contributed by atoms with Crippen molar-refractivity contribution >= 4 is 17.5 Å². The maximum Gasteiger partial charge on any atom is 0.251 e. The Labute approximate surface area is 119 Å². The lowest BCUT2D eigenvalue weighted by molar-refractivity contribution is 0.0921. The number of nitrogens with zero attached hydrogens (tertiary/aromatic N) is 1. The van der Waals surface area contributed by atoms with Crippen LogP contribution in [-0.2, 0) is 0 Å². The number of halogens is 1. The molecule has 0 atom stereocenters. The third-order valence-electron chi connectivity index (χ3n) is 3.94. The van der Waals surface area contributed by atoms with Gasteiger partial charge >= 0.3 is 0 Å². The lowest BCUT2D eigenvalue weighted by Gasteiger charge is -2.28. The molecule has 1 N–H and O–H groups in total. The fraction of sp³-hybridized carbons (Fsp3) is 0.600. The molecule has 4 heteroatoms. The Morgan fingerprint density at radius 1 is 1.37 bits per heavy atom. The van der Waals surface area contributed by atoms with Crippen LogP contribution in [0.5, 0.6) is 0 Å². The molecule has 0 saturated heterocycles. The first kappa shape index (κ1) is 14.3. The maximum atomic E-state index is 12.2. The highest BCUT2D eigenvalue weighted by atomic mass is 35.5. The van der Waals surface area contributed by atoms with Gasteiger partial charge in [-0.1, -0.05) is 24.9 Å². The topological polar surface area (TPSA) is 42.0 Å². The van der Waals surface area contributed by atoms with Crippen LogP contribution < -0.4 is 5.32 Å². The van der Waals surface area contributed by atoms with E-state index in [-0.39, 0.29) is 5.91 Å².